The maximum absolute atomic E-state index is 12.2. The van der Waals surface area contributed by atoms with E-state index in [0.29, 0.717) is 27.1 Å². The maximum atomic E-state index is 12.2. The minimum Gasteiger partial charge on any atom is -0.340 e. The predicted molar refractivity (Wildman–Crippen MR) is 103 cm³/mol. The molecule has 1 amide bonds. The van der Waals surface area contributed by atoms with Gasteiger partial charge in [-0.25, -0.2) is 4.98 Å². The second-order valence-electron chi connectivity index (χ2n) is 5.51. The lowest BCUT2D eigenvalue weighted by molar-refractivity contribution is 0.102. The average molecular weight is 372 g/mol. The minimum absolute atomic E-state index is 0.171. The summed E-state index contributed by atoms with van der Waals surface area (Å²) in [7, 11) is 0. The van der Waals surface area contributed by atoms with Gasteiger partial charge in [0.05, 0.1) is 21.9 Å². The largest absolute Gasteiger partial charge is 0.340 e. The van der Waals surface area contributed by atoms with Crippen molar-refractivity contribution in [3.63, 3.8) is 0 Å². The fraction of sp³-hybridized carbons (Fsp3) is 0.0526. The molecular weight excluding hydrogens is 357 g/mol. The van der Waals surface area contributed by atoms with Crippen molar-refractivity contribution in [2.24, 2.45) is 0 Å². The number of carbonyl (C=O) groups excluding carboxylic acids is 1. The molecule has 0 spiro atoms. The third-order valence-electron chi connectivity index (χ3n) is 3.49. The van der Waals surface area contributed by atoms with Crippen molar-refractivity contribution < 1.29 is 4.79 Å². The summed E-state index contributed by atoms with van der Waals surface area (Å²) in [6.45, 7) is 1.95. The van der Waals surface area contributed by atoms with Gasteiger partial charge in [-0.1, -0.05) is 40.9 Å². The highest BCUT2D eigenvalue weighted by Gasteiger charge is 2.07. The summed E-state index contributed by atoms with van der Waals surface area (Å²) >= 11 is 11.9. The van der Waals surface area contributed by atoms with E-state index in [1.807, 2.05) is 31.2 Å². The second-order valence-corrected chi connectivity index (χ2v) is 6.32. The maximum Gasteiger partial charge on any atom is 0.255 e. The summed E-state index contributed by atoms with van der Waals surface area (Å²) < 4.78 is 0. The molecule has 2 N–H and O–H groups in total. The van der Waals surface area contributed by atoms with E-state index in [1.165, 1.54) is 0 Å². The molecule has 1 heterocycles. The monoisotopic (exact) mass is 371 g/mol. The van der Waals surface area contributed by atoms with Crippen LogP contribution < -0.4 is 10.6 Å². The van der Waals surface area contributed by atoms with Gasteiger partial charge in [0.15, 0.2) is 0 Å². The van der Waals surface area contributed by atoms with Crippen LogP contribution in [0.4, 0.5) is 17.2 Å². The number of aromatic nitrogens is 1. The van der Waals surface area contributed by atoms with E-state index >= 15 is 0 Å². The smallest absolute Gasteiger partial charge is 0.255 e. The zero-order valence-corrected chi connectivity index (χ0v) is 14.9. The summed E-state index contributed by atoms with van der Waals surface area (Å²) in [5.41, 5.74) is 3.04. The van der Waals surface area contributed by atoms with Crippen LogP contribution in [0.1, 0.15) is 15.9 Å². The van der Waals surface area contributed by atoms with Crippen LogP contribution in [0, 0.1) is 6.92 Å². The molecular formula is C19H15Cl2N3O. The first-order chi connectivity index (χ1) is 12.0. The Hall–Kier alpha value is -2.56. The van der Waals surface area contributed by atoms with Crippen molar-refractivity contribution in [3.05, 3.63) is 82.0 Å². The highest BCUT2D eigenvalue weighted by molar-refractivity contribution is 6.42. The Labute approximate surface area is 155 Å². The standard InChI is InChI=1S/C19H15Cl2N3O/c1-12-3-2-4-13(9-12)19(25)24-15-6-8-18(22-11-15)23-14-5-7-16(20)17(21)10-14/h2-11H,1H3,(H,22,23)(H,24,25). The first-order valence-electron chi connectivity index (χ1n) is 7.57. The Kier molecular flexibility index (Phi) is 5.22. The third-order valence-corrected chi connectivity index (χ3v) is 4.23. The summed E-state index contributed by atoms with van der Waals surface area (Å²) in [6.07, 6.45) is 1.59. The summed E-state index contributed by atoms with van der Waals surface area (Å²) in [6, 6.07) is 16.2. The Morgan fingerprint density at radius 2 is 1.76 bits per heavy atom. The molecule has 0 radical (unpaired) electrons. The first kappa shape index (κ1) is 17.3. The van der Waals surface area contributed by atoms with Crippen molar-refractivity contribution in [1.29, 1.82) is 0 Å². The molecule has 0 aliphatic rings. The Morgan fingerprint density at radius 1 is 0.960 bits per heavy atom. The molecule has 126 valence electrons. The Balaban J connectivity index is 1.67. The topological polar surface area (TPSA) is 54.0 Å². The van der Waals surface area contributed by atoms with Crippen LogP contribution in [-0.2, 0) is 0 Å². The quantitative estimate of drug-likeness (QED) is 0.618. The lowest BCUT2D eigenvalue weighted by atomic mass is 10.1. The molecule has 3 aromatic rings. The molecule has 25 heavy (non-hydrogen) atoms. The average Bonchev–Trinajstić information content (AvgIpc) is 2.60. The van der Waals surface area contributed by atoms with Gasteiger partial charge in [0, 0.05) is 11.3 Å². The second kappa shape index (κ2) is 7.55. The van der Waals surface area contributed by atoms with E-state index in [4.69, 9.17) is 23.2 Å². The SMILES string of the molecule is Cc1cccc(C(=O)Nc2ccc(Nc3ccc(Cl)c(Cl)c3)nc2)c1. The molecule has 0 bridgehead atoms. The number of hydrogen-bond donors (Lipinski definition) is 2. The number of amides is 1. The fourth-order valence-corrected chi connectivity index (χ4v) is 2.55. The summed E-state index contributed by atoms with van der Waals surface area (Å²) in [5.74, 6) is 0.461. The lowest BCUT2D eigenvalue weighted by Crippen LogP contribution is -2.12. The van der Waals surface area contributed by atoms with Crippen molar-refractivity contribution in [2.75, 3.05) is 10.6 Å². The predicted octanol–water partition coefficient (Wildman–Crippen LogP) is 5.69. The van der Waals surface area contributed by atoms with Gasteiger partial charge in [0.2, 0.25) is 0 Å². The van der Waals surface area contributed by atoms with Crippen LogP contribution in [0.2, 0.25) is 10.0 Å². The van der Waals surface area contributed by atoms with E-state index in [9.17, 15) is 4.79 Å². The van der Waals surface area contributed by atoms with Crippen LogP contribution in [0.25, 0.3) is 0 Å². The van der Waals surface area contributed by atoms with E-state index in [2.05, 4.69) is 15.6 Å². The number of carbonyl (C=O) groups is 1. The lowest BCUT2D eigenvalue weighted by Gasteiger charge is -2.09. The highest BCUT2D eigenvalue weighted by atomic mass is 35.5. The van der Waals surface area contributed by atoms with Gasteiger partial charge in [0.1, 0.15) is 5.82 Å². The number of pyridine rings is 1. The molecule has 4 nitrogen and oxygen atoms in total. The van der Waals surface area contributed by atoms with Crippen LogP contribution in [0.5, 0.6) is 0 Å². The zero-order chi connectivity index (χ0) is 17.8. The molecule has 0 unspecified atom stereocenters. The van der Waals surface area contributed by atoms with Crippen LogP contribution in [0.15, 0.2) is 60.8 Å². The van der Waals surface area contributed by atoms with Crippen molar-refractivity contribution >= 4 is 46.3 Å². The molecule has 0 aliphatic heterocycles. The molecule has 3 rings (SSSR count). The number of nitrogens with zero attached hydrogens (tertiary/aromatic N) is 1. The first-order valence-corrected chi connectivity index (χ1v) is 8.33. The Bertz CT molecular complexity index is 911. The summed E-state index contributed by atoms with van der Waals surface area (Å²) in [5, 5.41) is 6.91. The van der Waals surface area contributed by atoms with Crippen molar-refractivity contribution in [3.8, 4) is 0 Å². The molecule has 0 saturated heterocycles. The fourth-order valence-electron chi connectivity index (χ4n) is 2.25. The van der Waals surface area contributed by atoms with Gasteiger partial charge in [0.25, 0.3) is 5.91 Å². The molecule has 2 aromatic carbocycles. The number of benzene rings is 2. The van der Waals surface area contributed by atoms with Crippen molar-refractivity contribution in [2.45, 2.75) is 6.92 Å². The number of aryl methyl sites for hydroxylation is 1. The van der Waals surface area contributed by atoms with Crippen LogP contribution in [-0.4, -0.2) is 10.9 Å². The highest BCUT2D eigenvalue weighted by Crippen LogP contribution is 2.26. The van der Waals surface area contributed by atoms with Crippen LogP contribution >= 0.6 is 23.2 Å². The molecule has 0 atom stereocenters. The number of nitrogens with one attached hydrogen (secondary N) is 2. The van der Waals surface area contributed by atoms with Gasteiger partial charge in [-0.15, -0.1) is 0 Å². The van der Waals surface area contributed by atoms with Gasteiger partial charge in [-0.3, -0.25) is 4.79 Å². The summed E-state index contributed by atoms with van der Waals surface area (Å²) in [4.78, 5) is 16.5. The van der Waals surface area contributed by atoms with Gasteiger partial charge in [-0.2, -0.15) is 0 Å². The Morgan fingerprint density at radius 3 is 2.44 bits per heavy atom. The number of anilines is 3. The normalized spacial score (nSPS) is 10.4. The number of rotatable bonds is 4. The van der Waals surface area contributed by atoms with Gasteiger partial charge >= 0.3 is 0 Å². The number of hydrogen-bond acceptors (Lipinski definition) is 3. The van der Waals surface area contributed by atoms with Gasteiger partial charge in [-0.05, 0) is 49.4 Å². The molecule has 0 aliphatic carbocycles. The third kappa shape index (κ3) is 4.50. The zero-order valence-electron chi connectivity index (χ0n) is 13.4. The molecule has 0 saturated carbocycles. The van der Waals surface area contributed by atoms with Crippen LogP contribution in [0.3, 0.4) is 0 Å². The van der Waals surface area contributed by atoms with E-state index in [-0.39, 0.29) is 5.91 Å². The van der Waals surface area contributed by atoms with E-state index in [1.54, 1.807) is 36.5 Å². The van der Waals surface area contributed by atoms with E-state index < -0.39 is 0 Å². The molecule has 1 aromatic heterocycles. The minimum atomic E-state index is -0.171. The molecule has 6 heteroatoms. The molecule has 0 fully saturated rings. The van der Waals surface area contributed by atoms with E-state index in [0.717, 1.165) is 11.3 Å². The number of halogens is 2. The van der Waals surface area contributed by atoms with Crippen molar-refractivity contribution in [1.82, 2.24) is 4.98 Å². The van der Waals surface area contributed by atoms with Gasteiger partial charge < -0.3 is 10.6 Å².